The highest BCUT2D eigenvalue weighted by molar-refractivity contribution is 5.67. The van der Waals surface area contributed by atoms with Crippen molar-refractivity contribution in [2.24, 2.45) is 0 Å². The maximum atomic E-state index is 10.3. The van der Waals surface area contributed by atoms with Gasteiger partial charge in [-0.25, -0.2) is 0 Å². The maximum Gasteiger partial charge on any atom is 0.304 e. The topological polar surface area (TPSA) is 77.8 Å². The van der Waals surface area contributed by atoms with E-state index in [0.29, 0.717) is 19.5 Å². The minimum atomic E-state index is -0.818. The molecule has 2 N–H and O–H groups in total. The van der Waals surface area contributed by atoms with Crippen LogP contribution >= 0.6 is 0 Å². The SMILES string of the molecule is CCN(CCCC(=O)O)CCC(=O)O. The Kier molecular flexibility index (Phi) is 6.74. The van der Waals surface area contributed by atoms with Crippen LogP contribution in [0.3, 0.4) is 0 Å². The summed E-state index contributed by atoms with van der Waals surface area (Å²) < 4.78 is 0. The summed E-state index contributed by atoms with van der Waals surface area (Å²) in [5.74, 6) is -1.62. The van der Waals surface area contributed by atoms with Crippen LogP contribution in [-0.2, 0) is 9.59 Å². The molecule has 0 aliphatic carbocycles. The average molecular weight is 203 g/mol. The summed E-state index contributed by atoms with van der Waals surface area (Å²) in [6.45, 7) is 3.83. The Morgan fingerprint density at radius 1 is 1.07 bits per heavy atom. The largest absolute Gasteiger partial charge is 0.481 e. The molecule has 14 heavy (non-hydrogen) atoms. The van der Waals surface area contributed by atoms with E-state index in [1.165, 1.54) is 0 Å². The second-order valence-electron chi connectivity index (χ2n) is 3.08. The third-order valence-corrected chi connectivity index (χ3v) is 1.95. The van der Waals surface area contributed by atoms with Crippen molar-refractivity contribution >= 4 is 11.9 Å². The van der Waals surface area contributed by atoms with Crippen LogP contribution in [0.5, 0.6) is 0 Å². The highest BCUT2D eigenvalue weighted by atomic mass is 16.4. The molecule has 0 saturated heterocycles. The second kappa shape index (κ2) is 7.32. The number of hydrogen-bond acceptors (Lipinski definition) is 3. The van der Waals surface area contributed by atoms with Gasteiger partial charge in [0.1, 0.15) is 0 Å². The zero-order chi connectivity index (χ0) is 11.0. The van der Waals surface area contributed by atoms with Crippen LogP contribution in [0.1, 0.15) is 26.2 Å². The second-order valence-corrected chi connectivity index (χ2v) is 3.08. The molecule has 0 unspecified atom stereocenters. The molecule has 0 aromatic carbocycles. The first kappa shape index (κ1) is 12.9. The number of carboxylic acid groups (broad SMARTS) is 2. The summed E-state index contributed by atoms with van der Waals surface area (Å²) >= 11 is 0. The van der Waals surface area contributed by atoms with Crippen molar-refractivity contribution in [3.8, 4) is 0 Å². The number of hydrogen-bond donors (Lipinski definition) is 2. The van der Waals surface area contributed by atoms with E-state index in [-0.39, 0.29) is 12.8 Å². The normalized spacial score (nSPS) is 10.4. The molecule has 82 valence electrons. The number of aliphatic carboxylic acids is 2. The Morgan fingerprint density at radius 2 is 1.64 bits per heavy atom. The van der Waals surface area contributed by atoms with Crippen molar-refractivity contribution in [2.75, 3.05) is 19.6 Å². The molecule has 0 spiro atoms. The van der Waals surface area contributed by atoms with E-state index in [0.717, 1.165) is 6.54 Å². The summed E-state index contributed by atoms with van der Waals surface area (Å²) in [6, 6.07) is 0. The van der Waals surface area contributed by atoms with Gasteiger partial charge in [-0.05, 0) is 19.5 Å². The molecule has 0 amide bonds. The van der Waals surface area contributed by atoms with Gasteiger partial charge in [0.15, 0.2) is 0 Å². The lowest BCUT2D eigenvalue weighted by molar-refractivity contribution is -0.138. The molecule has 0 aliphatic rings. The van der Waals surface area contributed by atoms with Crippen molar-refractivity contribution in [1.82, 2.24) is 4.90 Å². The van der Waals surface area contributed by atoms with Gasteiger partial charge in [-0.1, -0.05) is 6.92 Å². The molecule has 0 rings (SSSR count). The van der Waals surface area contributed by atoms with E-state index < -0.39 is 11.9 Å². The van der Waals surface area contributed by atoms with E-state index in [4.69, 9.17) is 10.2 Å². The minimum absolute atomic E-state index is 0.112. The van der Waals surface area contributed by atoms with Gasteiger partial charge in [-0.3, -0.25) is 9.59 Å². The van der Waals surface area contributed by atoms with Gasteiger partial charge < -0.3 is 15.1 Å². The van der Waals surface area contributed by atoms with E-state index >= 15 is 0 Å². The molecule has 0 radical (unpaired) electrons. The van der Waals surface area contributed by atoms with Crippen molar-refractivity contribution in [1.29, 1.82) is 0 Å². The first-order chi connectivity index (χ1) is 6.56. The minimum Gasteiger partial charge on any atom is -0.481 e. The summed E-state index contributed by atoms with van der Waals surface area (Å²) in [4.78, 5) is 22.4. The number of rotatable bonds is 8. The van der Waals surface area contributed by atoms with Crippen LogP contribution in [0.15, 0.2) is 0 Å². The van der Waals surface area contributed by atoms with Crippen molar-refractivity contribution in [2.45, 2.75) is 26.2 Å². The van der Waals surface area contributed by atoms with Crippen LogP contribution in [0.2, 0.25) is 0 Å². The Hall–Kier alpha value is -1.10. The third kappa shape index (κ3) is 7.54. The molecule has 5 heteroatoms. The molecule has 0 bridgehead atoms. The zero-order valence-electron chi connectivity index (χ0n) is 8.40. The summed E-state index contributed by atoms with van der Waals surface area (Å²) in [5.41, 5.74) is 0. The summed E-state index contributed by atoms with van der Waals surface area (Å²) in [5, 5.41) is 16.9. The van der Waals surface area contributed by atoms with Gasteiger partial charge >= 0.3 is 11.9 Å². The standard InChI is InChI=1S/C9H17NO4/c1-2-10(7-5-9(13)14)6-3-4-8(11)12/h2-7H2,1H3,(H,11,12)(H,13,14). The van der Waals surface area contributed by atoms with Gasteiger partial charge in [0.25, 0.3) is 0 Å². The molecule has 0 atom stereocenters. The van der Waals surface area contributed by atoms with Crippen LogP contribution in [0, 0.1) is 0 Å². The van der Waals surface area contributed by atoms with Crippen molar-refractivity contribution in [3.63, 3.8) is 0 Å². The van der Waals surface area contributed by atoms with Crippen LogP contribution in [0.4, 0.5) is 0 Å². The van der Waals surface area contributed by atoms with E-state index in [1.54, 1.807) is 0 Å². The molecule has 5 nitrogen and oxygen atoms in total. The Balaban J connectivity index is 3.57. The third-order valence-electron chi connectivity index (χ3n) is 1.95. The van der Waals surface area contributed by atoms with Crippen molar-refractivity contribution in [3.05, 3.63) is 0 Å². The lowest BCUT2D eigenvalue weighted by atomic mass is 10.3. The molecule has 0 saturated carbocycles. The summed E-state index contributed by atoms with van der Waals surface area (Å²) in [7, 11) is 0. The molecule has 0 heterocycles. The van der Waals surface area contributed by atoms with Crippen LogP contribution in [-0.4, -0.2) is 46.7 Å². The maximum absolute atomic E-state index is 10.3. The van der Waals surface area contributed by atoms with Crippen LogP contribution < -0.4 is 0 Å². The van der Waals surface area contributed by atoms with Gasteiger partial charge in [-0.15, -0.1) is 0 Å². The van der Waals surface area contributed by atoms with Crippen molar-refractivity contribution < 1.29 is 19.8 Å². The first-order valence-electron chi connectivity index (χ1n) is 4.72. The Bertz CT molecular complexity index is 193. The quantitative estimate of drug-likeness (QED) is 0.605. The smallest absolute Gasteiger partial charge is 0.304 e. The Labute approximate surface area is 83.3 Å². The average Bonchev–Trinajstić information content (AvgIpc) is 2.10. The monoisotopic (exact) mass is 203 g/mol. The van der Waals surface area contributed by atoms with Gasteiger partial charge in [0.05, 0.1) is 6.42 Å². The molecule has 0 aromatic rings. The number of nitrogens with zero attached hydrogens (tertiary/aromatic N) is 1. The highest BCUT2D eigenvalue weighted by Gasteiger charge is 2.06. The van der Waals surface area contributed by atoms with Gasteiger partial charge in [-0.2, -0.15) is 0 Å². The van der Waals surface area contributed by atoms with Crippen LogP contribution in [0.25, 0.3) is 0 Å². The van der Waals surface area contributed by atoms with E-state index in [2.05, 4.69) is 0 Å². The fourth-order valence-corrected chi connectivity index (χ4v) is 1.14. The van der Waals surface area contributed by atoms with Gasteiger partial charge in [0.2, 0.25) is 0 Å². The number of carbonyl (C=O) groups is 2. The summed E-state index contributed by atoms with van der Waals surface area (Å²) in [6.07, 6.45) is 0.827. The molecule has 0 fully saturated rings. The fourth-order valence-electron chi connectivity index (χ4n) is 1.14. The Morgan fingerprint density at radius 3 is 2.07 bits per heavy atom. The molecular formula is C9H17NO4. The van der Waals surface area contributed by atoms with Gasteiger partial charge in [0, 0.05) is 13.0 Å². The first-order valence-corrected chi connectivity index (χ1v) is 4.72. The lowest BCUT2D eigenvalue weighted by Crippen LogP contribution is -2.27. The molecular weight excluding hydrogens is 186 g/mol. The molecule has 0 aliphatic heterocycles. The molecule has 0 aromatic heterocycles. The fraction of sp³-hybridized carbons (Fsp3) is 0.778. The van der Waals surface area contributed by atoms with E-state index in [1.807, 2.05) is 11.8 Å². The number of carboxylic acids is 2. The predicted molar refractivity (Wildman–Crippen MR) is 51.2 cm³/mol. The van der Waals surface area contributed by atoms with E-state index in [9.17, 15) is 9.59 Å². The predicted octanol–water partition coefficient (Wildman–Crippen LogP) is 0.648. The highest BCUT2D eigenvalue weighted by Crippen LogP contribution is 1.97. The lowest BCUT2D eigenvalue weighted by Gasteiger charge is -2.18. The zero-order valence-corrected chi connectivity index (χ0v) is 8.40.